The zero-order valence-electron chi connectivity index (χ0n) is 12.7. The first kappa shape index (κ1) is 15.2. The lowest BCUT2D eigenvalue weighted by atomic mass is 10.2. The van der Waals surface area contributed by atoms with Crippen molar-refractivity contribution in [2.24, 2.45) is 0 Å². The van der Waals surface area contributed by atoms with Crippen LogP contribution in [0.25, 0.3) is 10.9 Å². The summed E-state index contributed by atoms with van der Waals surface area (Å²) in [6, 6.07) is 7.33. The Morgan fingerprint density at radius 3 is 2.71 bits per heavy atom. The number of hydrogen-bond donors (Lipinski definition) is 1. The second-order valence-electron chi connectivity index (χ2n) is 5.17. The van der Waals surface area contributed by atoms with Gasteiger partial charge in [-0.3, -0.25) is 14.2 Å². The summed E-state index contributed by atoms with van der Waals surface area (Å²) >= 11 is 0. The first-order valence-electron chi connectivity index (χ1n) is 7.34. The molecule has 2 aromatic rings. The Kier molecular flexibility index (Phi) is 4.73. The minimum absolute atomic E-state index is 0.0180. The second-order valence-corrected chi connectivity index (χ2v) is 5.17. The van der Waals surface area contributed by atoms with Crippen molar-refractivity contribution in [3.05, 3.63) is 40.4 Å². The van der Waals surface area contributed by atoms with Crippen LogP contribution in [0.1, 0.15) is 33.0 Å². The third-order valence-corrected chi connectivity index (χ3v) is 3.58. The van der Waals surface area contributed by atoms with Crippen molar-refractivity contribution in [2.45, 2.75) is 46.2 Å². The van der Waals surface area contributed by atoms with E-state index in [1.54, 1.807) is 12.1 Å². The number of nitrogens with zero attached hydrogens (tertiary/aromatic N) is 2. The van der Waals surface area contributed by atoms with Crippen molar-refractivity contribution in [3.8, 4) is 0 Å². The van der Waals surface area contributed by atoms with Crippen molar-refractivity contribution in [1.29, 1.82) is 0 Å². The molecular weight excluding hydrogens is 266 g/mol. The molecule has 5 heteroatoms. The molecule has 1 heterocycles. The number of aryl methyl sites for hydroxylation is 1. The SMILES string of the molecule is CCc1nc2ccccc2c(=O)n1CC(=O)NC(C)CC. The zero-order chi connectivity index (χ0) is 15.4. The predicted molar refractivity (Wildman–Crippen MR) is 83.3 cm³/mol. The molecule has 0 aliphatic rings. The molecule has 0 aliphatic carbocycles. The minimum Gasteiger partial charge on any atom is -0.352 e. The highest BCUT2D eigenvalue weighted by Crippen LogP contribution is 2.08. The molecule has 0 spiro atoms. The van der Waals surface area contributed by atoms with E-state index in [1.165, 1.54) is 4.57 Å². The number of rotatable bonds is 5. The topological polar surface area (TPSA) is 64.0 Å². The van der Waals surface area contributed by atoms with Gasteiger partial charge in [0.15, 0.2) is 0 Å². The van der Waals surface area contributed by atoms with Gasteiger partial charge in [0.25, 0.3) is 5.56 Å². The van der Waals surface area contributed by atoms with Crippen LogP contribution in [0.2, 0.25) is 0 Å². The molecule has 0 saturated carbocycles. The average Bonchev–Trinajstić information content (AvgIpc) is 2.49. The van der Waals surface area contributed by atoms with Gasteiger partial charge in [0.05, 0.1) is 10.9 Å². The van der Waals surface area contributed by atoms with Crippen molar-refractivity contribution in [2.75, 3.05) is 0 Å². The van der Waals surface area contributed by atoms with E-state index >= 15 is 0 Å². The molecule has 2 rings (SSSR count). The molecule has 0 bridgehead atoms. The Labute approximate surface area is 124 Å². The lowest BCUT2D eigenvalue weighted by molar-refractivity contribution is -0.122. The molecule has 1 atom stereocenters. The van der Waals surface area contributed by atoms with E-state index in [4.69, 9.17) is 0 Å². The van der Waals surface area contributed by atoms with Crippen molar-refractivity contribution in [3.63, 3.8) is 0 Å². The van der Waals surface area contributed by atoms with Crippen LogP contribution in [0.15, 0.2) is 29.1 Å². The highest BCUT2D eigenvalue weighted by Gasteiger charge is 2.13. The second kappa shape index (κ2) is 6.52. The lowest BCUT2D eigenvalue weighted by Gasteiger charge is -2.15. The van der Waals surface area contributed by atoms with Crippen molar-refractivity contribution >= 4 is 16.8 Å². The highest BCUT2D eigenvalue weighted by molar-refractivity contribution is 5.79. The fraction of sp³-hybridized carbons (Fsp3) is 0.438. The molecule has 0 saturated heterocycles. The Morgan fingerprint density at radius 2 is 2.05 bits per heavy atom. The van der Waals surface area contributed by atoms with Crippen LogP contribution in [0.3, 0.4) is 0 Å². The summed E-state index contributed by atoms with van der Waals surface area (Å²) in [6.45, 7) is 5.90. The Morgan fingerprint density at radius 1 is 1.33 bits per heavy atom. The largest absolute Gasteiger partial charge is 0.352 e. The van der Waals surface area contributed by atoms with Gasteiger partial charge in [-0.2, -0.15) is 0 Å². The van der Waals surface area contributed by atoms with Gasteiger partial charge in [-0.05, 0) is 25.5 Å². The number of fused-ring (bicyclic) bond motifs is 1. The van der Waals surface area contributed by atoms with E-state index < -0.39 is 0 Å². The fourth-order valence-electron chi connectivity index (χ4n) is 2.21. The molecule has 112 valence electrons. The zero-order valence-corrected chi connectivity index (χ0v) is 12.7. The molecule has 0 aliphatic heterocycles. The van der Waals surface area contributed by atoms with Crippen molar-refractivity contribution < 1.29 is 4.79 Å². The predicted octanol–water partition coefficient (Wildman–Crippen LogP) is 1.87. The summed E-state index contributed by atoms with van der Waals surface area (Å²) in [5.41, 5.74) is 0.523. The maximum absolute atomic E-state index is 12.5. The van der Waals surface area contributed by atoms with E-state index in [1.807, 2.05) is 32.9 Å². The average molecular weight is 287 g/mol. The number of carbonyl (C=O) groups is 1. The van der Waals surface area contributed by atoms with Crippen LogP contribution in [-0.4, -0.2) is 21.5 Å². The van der Waals surface area contributed by atoms with Crippen LogP contribution in [0, 0.1) is 0 Å². The number of aromatic nitrogens is 2. The number of nitrogens with one attached hydrogen (secondary N) is 1. The summed E-state index contributed by atoms with van der Waals surface area (Å²) in [7, 11) is 0. The number of hydrogen-bond acceptors (Lipinski definition) is 3. The summed E-state index contributed by atoms with van der Waals surface area (Å²) in [5, 5.41) is 3.43. The fourth-order valence-corrected chi connectivity index (χ4v) is 2.21. The Balaban J connectivity index is 2.40. The maximum atomic E-state index is 12.5. The monoisotopic (exact) mass is 287 g/mol. The van der Waals surface area contributed by atoms with E-state index in [0.29, 0.717) is 23.1 Å². The molecule has 0 radical (unpaired) electrons. The number of amides is 1. The van der Waals surface area contributed by atoms with Crippen LogP contribution in [0.4, 0.5) is 0 Å². The molecule has 1 amide bonds. The molecule has 1 N–H and O–H groups in total. The van der Waals surface area contributed by atoms with Crippen LogP contribution in [0.5, 0.6) is 0 Å². The summed E-state index contributed by atoms with van der Waals surface area (Å²) < 4.78 is 1.47. The Hall–Kier alpha value is -2.17. The van der Waals surface area contributed by atoms with E-state index in [9.17, 15) is 9.59 Å². The van der Waals surface area contributed by atoms with Crippen molar-refractivity contribution in [1.82, 2.24) is 14.9 Å². The summed E-state index contributed by atoms with van der Waals surface area (Å²) in [5.74, 6) is 0.483. The quantitative estimate of drug-likeness (QED) is 0.913. The van der Waals surface area contributed by atoms with Gasteiger partial charge in [-0.25, -0.2) is 4.98 Å². The highest BCUT2D eigenvalue weighted by atomic mass is 16.2. The van der Waals surface area contributed by atoms with Crippen LogP contribution < -0.4 is 10.9 Å². The number of para-hydroxylation sites is 1. The standard InChI is InChI=1S/C16H21N3O2/c1-4-11(3)17-15(20)10-19-14(5-2)18-13-9-7-6-8-12(13)16(19)21/h6-9,11H,4-5,10H2,1-3H3,(H,17,20). The number of carbonyl (C=O) groups excluding carboxylic acids is 1. The third-order valence-electron chi connectivity index (χ3n) is 3.58. The van der Waals surface area contributed by atoms with E-state index in [-0.39, 0.29) is 24.1 Å². The number of benzene rings is 1. The van der Waals surface area contributed by atoms with Gasteiger partial charge in [0, 0.05) is 12.5 Å². The van der Waals surface area contributed by atoms with Gasteiger partial charge in [-0.1, -0.05) is 26.0 Å². The maximum Gasteiger partial charge on any atom is 0.261 e. The first-order valence-corrected chi connectivity index (χ1v) is 7.34. The van der Waals surface area contributed by atoms with Gasteiger partial charge >= 0.3 is 0 Å². The lowest BCUT2D eigenvalue weighted by Crippen LogP contribution is -2.38. The molecule has 5 nitrogen and oxygen atoms in total. The molecular formula is C16H21N3O2. The summed E-state index contributed by atoms with van der Waals surface area (Å²) in [6.07, 6.45) is 1.47. The van der Waals surface area contributed by atoms with E-state index in [0.717, 1.165) is 6.42 Å². The van der Waals surface area contributed by atoms with Gasteiger partial charge < -0.3 is 5.32 Å². The molecule has 1 aromatic carbocycles. The summed E-state index contributed by atoms with van der Waals surface area (Å²) in [4.78, 5) is 29.1. The first-order chi connectivity index (χ1) is 10.1. The van der Waals surface area contributed by atoms with E-state index in [2.05, 4.69) is 10.3 Å². The minimum atomic E-state index is -0.156. The molecule has 1 unspecified atom stereocenters. The van der Waals surface area contributed by atoms with Crippen LogP contribution >= 0.6 is 0 Å². The molecule has 1 aromatic heterocycles. The van der Waals surface area contributed by atoms with Gasteiger partial charge in [0.1, 0.15) is 12.4 Å². The smallest absolute Gasteiger partial charge is 0.261 e. The van der Waals surface area contributed by atoms with Gasteiger partial charge in [0.2, 0.25) is 5.91 Å². The van der Waals surface area contributed by atoms with Crippen LogP contribution in [-0.2, 0) is 17.8 Å². The normalized spacial score (nSPS) is 12.3. The third kappa shape index (κ3) is 3.29. The Bertz CT molecular complexity index is 706. The molecule has 21 heavy (non-hydrogen) atoms. The molecule has 0 fully saturated rings. The van der Waals surface area contributed by atoms with Gasteiger partial charge in [-0.15, -0.1) is 0 Å².